The highest BCUT2D eigenvalue weighted by atomic mass is 32.1. The zero-order valence-electron chi connectivity index (χ0n) is 14.7. The number of carbonyl (C=O) groups excluding carboxylic acids is 1. The first-order chi connectivity index (χ1) is 11.5. The summed E-state index contributed by atoms with van der Waals surface area (Å²) < 4.78 is 2.21. The Morgan fingerprint density at radius 2 is 2.29 bits per heavy atom. The minimum Gasteiger partial charge on any atom is -0.335 e. The molecule has 0 fully saturated rings. The fourth-order valence-electron chi connectivity index (χ4n) is 3.14. The van der Waals surface area contributed by atoms with Gasteiger partial charge < -0.3 is 14.4 Å². The van der Waals surface area contributed by atoms with Crippen LogP contribution >= 0.6 is 11.3 Å². The lowest BCUT2D eigenvalue weighted by Gasteiger charge is -2.29. The van der Waals surface area contributed by atoms with Crippen LogP contribution in [0.1, 0.15) is 24.5 Å². The van der Waals surface area contributed by atoms with Crippen LogP contribution in [-0.4, -0.2) is 51.4 Å². The molecule has 3 heterocycles. The molecule has 6 heteroatoms. The normalized spacial score (nSPS) is 18.0. The van der Waals surface area contributed by atoms with Gasteiger partial charge in [0.2, 0.25) is 5.91 Å². The summed E-state index contributed by atoms with van der Waals surface area (Å²) in [5, 5.41) is 2.03. The Balaban J connectivity index is 1.74. The van der Waals surface area contributed by atoms with Gasteiger partial charge in [0.25, 0.3) is 0 Å². The fourth-order valence-corrected chi connectivity index (χ4v) is 3.83. The third-order valence-electron chi connectivity index (χ3n) is 4.75. The van der Waals surface area contributed by atoms with Crippen molar-refractivity contribution < 1.29 is 4.79 Å². The number of carbonyl (C=O) groups is 1. The van der Waals surface area contributed by atoms with Crippen LogP contribution in [0, 0.1) is 5.92 Å². The summed E-state index contributed by atoms with van der Waals surface area (Å²) in [7, 11) is 2.15. The van der Waals surface area contributed by atoms with Crippen molar-refractivity contribution in [1.82, 2.24) is 19.4 Å². The Bertz CT molecular complexity index is 664. The highest BCUT2D eigenvalue weighted by Gasteiger charge is 2.26. The first kappa shape index (κ1) is 17.2. The topological polar surface area (TPSA) is 41.4 Å². The van der Waals surface area contributed by atoms with Crippen molar-refractivity contribution in [3.63, 3.8) is 0 Å². The third-order valence-corrected chi connectivity index (χ3v) is 5.63. The van der Waals surface area contributed by atoms with Gasteiger partial charge in [-0.05, 0) is 32.3 Å². The van der Waals surface area contributed by atoms with Gasteiger partial charge in [0.15, 0.2) is 0 Å². The average molecular weight is 347 g/mol. The molecule has 0 N–H and O–H groups in total. The summed E-state index contributed by atoms with van der Waals surface area (Å²) >= 11 is 1.65. The van der Waals surface area contributed by atoms with E-state index in [-0.39, 0.29) is 5.91 Å². The number of aromatic nitrogens is 2. The fraction of sp³-hybridized carbons (Fsp3) is 0.556. The molecule has 2 aromatic rings. The number of fused-ring (bicyclic) bond motifs is 1. The van der Waals surface area contributed by atoms with Gasteiger partial charge in [-0.15, -0.1) is 11.3 Å². The van der Waals surface area contributed by atoms with Crippen LogP contribution < -0.4 is 0 Å². The van der Waals surface area contributed by atoms with E-state index in [0.29, 0.717) is 24.9 Å². The molecule has 0 saturated carbocycles. The summed E-state index contributed by atoms with van der Waals surface area (Å²) in [5.41, 5.74) is 0. The predicted molar refractivity (Wildman–Crippen MR) is 96.9 cm³/mol. The molecular formula is C18H26N4OS. The highest BCUT2D eigenvalue weighted by Crippen LogP contribution is 2.19. The van der Waals surface area contributed by atoms with E-state index in [1.54, 1.807) is 11.3 Å². The van der Waals surface area contributed by atoms with Crippen LogP contribution in [0.2, 0.25) is 0 Å². The minimum absolute atomic E-state index is 0.200. The smallest absolute Gasteiger partial charge is 0.228 e. The maximum atomic E-state index is 12.8. The van der Waals surface area contributed by atoms with E-state index in [9.17, 15) is 4.79 Å². The molecule has 0 radical (unpaired) electrons. The first-order valence-corrected chi connectivity index (χ1v) is 9.41. The highest BCUT2D eigenvalue weighted by molar-refractivity contribution is 7.10. The van der Waals surface area contributed by atoms with Crippen LogP contribution in [0.15, 0.2) is 29.9 Å². The van der Waals surface area contributed by atoms with Crippen molar-refractivity contribution in [2.24, 2.45) is 5.92 Å². The van der Waals surface area contributed by atoms with Crippen molar-refractivity contribution >= 4 is 17.2 Å². The summed E-state index contributed by atoms with van der Waals surface area (Å²) in [6, 6.07) is 4.54. The van der Waals surface area contributed by atoms with Gasteiger partial charge in [0, 0.05) is 48.9 Å². The predicted octanol–water partition coefficient (Wildman–Crippen LogP) is 2.49. The Labute approximate surface area is 147 Å². The Kier molecular flexibility index (Phi) is 5.36. The number of imidazole rings is 1. The molecule has 1 amide bonds. The Morgan fingerprint density at radius 3 is 3.00 bits per heavy atom. The lowest BCUT2D eigenvalue weighted by atomic mass is 10.1. The van der Waals surface area contributed by atoms with Gasteiger partial charge in [-0.2, -0.15) is 0 Å². The molecule has 2 aromatic heterocycles. The lowest BCUT2D eigenvalue weighted by molar-refractivity contribution is -0.131. The van der Waals surface area contributed by atoms with Gasteiger partial charge in [-0.3, -0.25) is 4.79 Å². The number of hydrogen-bond acceptors (Lipinski definition) is 4. The molecule has 0 bridgehead atoms. The third kappa shape index (κ3) is 4.05. The van der Waals surface area contributed by atoms with Crippen molar-refractivity contribution in [3.05, 3.63) is 40.6 Å². The van der Waals surface area contributed by atoms with Crippen molar-refractivity contribution in [3.8, 4) is 0 Å². The molecule has 0 saturated heterocycles. The SMILES string of the molecule is CC(C)N(C)CC1CN(C(=O)Cc2cccs2)Cc2nccn2C1. The number of hydrogen-bond donors (Lipinski definition) is 0. The maximum Gasteiger partial charge on any atom is 0.228 e. The molecule has 1 atom stereocenters. The van der Waals surface area contributed by atoms with E-state index in [4.69, 9.17) is 0 Å². The first-order valence-electron chi connectivity index (χ1n) is 8.53. The summed E-state index contributed by atoms with van der Waals surface area (Å²) in [6.45, 7) is 7.73. The second-order valence-corrected chi connectivity index (χ2v) is 7.96. The molecule has 1 aliphatic rings. The lowest BCUT2D eigenvalue weighted by Crippen LogP contribution is -2.40. The van der Waals surface area contributed by atoms with E-state index < -0.39 is 0 Å². The van der Waals surface area contributed by atoms with Gasteiger partial charge in [-0.25, -0.2) is 4.98 Å². The van der Waals surface area contributed by atoms with E-state index >= 15 is 0 Å². The van der Waals surface area contributed by atoms with Crippen LogP contribution in [-0.2, 0) is 24.3 Å². The standard InChI is InChI=1S/C18H26N4OS/c1-14(2)20(3)10-15-11-21-7-6-19-17(21)13-22(12-15)18(23)9-16-5-4-8-24-16/h4-8,14-15H,9-13H2,1-3H3. The van der Waals surface area contributed by atoms with E-state index in [0.717, 1.165) is 30.3 Å². The van der Waals surface area contributed by atoms with Crippen LogP contribution in [0.25, 0.3) is 0 Å². The van der Waals surface area contributed by atoms with Gasteiger partial charge in [0.1, 0.15) is 5.82 Å². The summed E-state index contributed by atoms with van der Waals surface area (Å²) in [6.07, 6.45) is 4.36. The monoisotopic (exact) mass is 346 g/mol. The van der Waals surface area contributed by atoms with Crippen LogP contribution in [0.4, 0.5) is 0 Å². The minimum atomic E-state index is 0.200. The van der Waals surface area contributed by atoms with Crippen LogP contribution in [0.3, 0.4) is 0 Å². The quantitative estimate of drug-likeness (QED) is 0.835. The Morgan fingerprint density at radius 1 is 1.46 bits per heavy atom. The molecule has 5 nitrogen and oxygen atoms in total. The molecule has 1 aliphatic heterocycles. The molecular weight excluding hydrogens is 320 g/mol. The van der Waals surface area contributed by atoms with E-state index in [1.165, 1.54) is 0 Å². The number of amides is 1. The summed E-state index contributed by atoms with van der Waals surface area (Å²) in [4.78, 5) is 22.7. The molecule has 3 rings (SSSR count). The van der Waals surface area contributed by atoms with Crippen molar-refractivity contribution in [1.29, 1.82) is 0 Å². The summed E-state index contributed by atoms with van der Waals surface area (Å²) in [5.74, 6) is 1.61. The average Bonchev–Trinajstić information content (AvgIpc) is 3.16. The van der Waals surface area contributed by atoms with Crippen LogP contribution in [0.5, 0.6) is 0 Å². The van der Waals surface area contributed by atoms with Crippen molar-refractivity contribution in [2.45, 2.75) is 39.4 Å². The van der Waals surface area contributed by atoms with Crippen molar-refractivity contribution in [2.75, 3.05) is 20.1 Å². The maximum absolute atomic E-state index is 12.8. The largest absolute Gasteiger partial charge is 0.335 e. The zero-order valence-corrected chi connectivity index (χ0v) is 15.5. The molecule has 0 aromatic carbocycles. The molecule has 0 aliphatic carbocycles. The molecule has 1 unspecified atom stereocenters. The Hall–Kier alpha value is -1.66. The molecule has 130 valence electrons. The van der Waals surface area contributed by atoms with Gasteiger partial charge in [0.05, 0.1) is 13.0 Å². The zero-order chi connectivity index (χ0) is 17.1. The second-order valence-electron chi connectivity index (χ2n) is 6.93. The van der Waals surface area contributed by atoms with E-state index in [2.05, 4.69) is 35.3 Å². The number of thiophene rings is 1. The number of nitrogens with zero attached hydrogens (tertiary/aromatic N) is 4. The van der Waals surface area contributed by atoms with E-state index in [1.807, 2.05) is 34.8 Å². The second kappa shape index (κ2) is 7.49. The van der Waals surface area contributed by atoms with Gasteiger partial charge in [-0.1, -0.05) is 6.07 Å². The van der Waals surface area contributed by atoms with Gasteiger partial charge >= 0.3 is 0 Å². The molecule has 24 heavy (non-hydrogen) atoms. The number of rotatable bonds is 5. The molecule has 0 spiro atoms.